The van der Waals surface area contributed by atoms with E-state index in [0.717, 1.165) is 25.2 Å². The van der Waals surface area contributed by atoms with Crippen LogP contribution in [0.2, 0.25) is 0 Å². The third kappa shape index (κ3) is 2.50. The molecule has 2 atom stereocenters. The number of rotatable bonds is 3. The number of hydrogen-bond donors (Lipinski definition) is 1. The normalized spacial score (nSPS) is 34.8. The van der Waals surface area contributed by atoms with Crippen molar-refractivity contribution in [3.05, 3.63) is 0 Å². The van der Waals surface area contributed by atoms with E-state index in [1.54, 1.807) is 0 Å². The summed E-state index contributed by atoms with van der Waals surface area (Å²) >= 11 is 0. The molecule has 3 saturated heterocycles. The number of nitrogens with zero attached hydrogens (tertiary/aromatic N) is 2. The lowest BCUT2D eigenvalue weighted by Gasteiger charge is -2.45. The maximum Gasteiger partial charge on any atom is 0.0509 e. The second-order valence-electron chi connectivity index (χ2n) is 5.75. The molecular formula is C13H25N3O. The van der Waals surface area contributed by atoms with Crippen LogP contribution >= 0.6 is 0 Å². The van der Waals surface area contributed by atoms with E-state index in [0.29, 0.717) is 6.04 Å². The smallest absolute Gasteiger partial charge is 0.0509 e. The van der Waals surface area contributed by atoms with Gasteiger partial charge < -0.3 is 10.1 Å². The van der Waals surface area contributed by atoms with Crippen LogP contribution in [0.5, 0.6) is 0 Å². The van der Waals surface area contributed by atoms with Crippen molar-refractivity contribution >= 4 is 0 Å². The molecule has 4 nitrogen and oxygen atoms in total. The van der Waals surface area contributed by atoms with Gasteiger partial charge >= 0.3 is 0 Å². The molecular weight excluding hydrogens is 214 g/mol. The molecule has 3 heterocycles. The summed E-state index contributed by atoms with van der Waals surface area (Å²) in [5.74, 6) is 0.770. The SMILES string of the molecule is CC(C1CCOC1)N1CCN(C2CNC2)CC1. The van der Waals surface area contributed by atoms with Crippen LogP contribution in [0.4, 0.5) is 0 Å². The maximum absolute atomic E-state index is 5.51. The lowest BCUT2D eigenvalue weighted by Crippen LogP contribution is -2.62. The van der Waals surface area contributed by atoms with Crippen molar-refractivity contribution in [1.29, 1.82) is 0 Å². The molecule has 0 saturated carbocycles. The number of nitrogens with one attached hydrogen (secondary N) is 1. The second-order valence-corrected chi connectivity index (χ2v) is 5.75. The summed E-state index contributed by atoms with van der Waals surface area (Å²) < 4.78 is 5.51. The first-order valence-corrected chi connectivity index (χ1v) is 7.11. The van der Waals surface area contributed by atoms with E-state index in [2.05, 4.69) is 22.0 Å². The third-order valence-corrected chi connectivity index (χ3v) is 4.85. The molecule has 0 radical (unpaired) electrons. The molecule has 0 aromatic rings. The van der Waals surface area contributed by atoms with Gasteiger partial charge in [0.05, 0.1) is 6.61 Å². The minimum atomic E-state index is 0.708. The monoisotopic (exact) mass is 239 g/mol. The van der Waals surface area contributed by atoms with E-state index in [1.165, 1.54) is 45.7 Å². The van der Waals surface area contributed by atoms with E-state index < -0.39 is 0 Å². The Kier molecular flexibility index (Phi) is 3.66. The molecule has 4 heteroatoms. The molecule has 0 aliphatic carbocycles. The lowest BCUT2D eigenvalue weighted by molar-refractivity contribution is 0.0385. The highest BCUT2D eigenvalue weighted by molar-refractivity contribution is 4.89. The predicted octanol–water partition coefficient (Wildman–Crippen LogP) is 0.000800. The zero-order valence-electron chi connectivity index (χ0n) is 10.9. The molecule has 3 aliphatic heterocycles. The first-order chi connectivity index (χ1) is 8.34. The van der Waals surface area contributed by atoms with Crippen LogP contribution in [0.1, 0.15) is 13.3 Å². The van der Waals surface area contributed by atoms with Gasteiger partial charge in [-0.05, 0) is 19.3 Å². The summed E-state index contributed by atoms with van der Waals surface area (Å²) in [4.78, 5) is 5.33. The highest BCUT2D eigenvalue weighted by Crippen LogP contribution is 2.22. The minimum Gasteiger partial charge on any atom is -0.381 e. The molecule has 2 unspecified atom stereocenters. The largest absolute Gasteiger partial charge is 0.381 e. The summed E-state index contributed by atoms with van der Waals surface area (Å²) in [5, 5.41) is 3.37. The van der Waals surface area contributed by atoms with Crippen LogP contribution < -0.4 is 5.32 Å². The molecule has 0 bridgehead atoms. The third-order valence-electron chi connectivity index (χ3n) is 4.85. The summed E-state index contributed by atoms with van der Waals surface area (Å²) in [6.07, 6.45) is 1.26. The average molecular weight is 239 g/mol. The van der Waals surface area contributed by atoms with Gasteiger partial charge in [0.1, 0.15) is 0 Å². The van der Waals surface area contributed by atoms with Gasteiger partial charge in [0.2, 0.25) is 0 Å². The number of ether oxygens (including phenoxy) is 1. The number of hydrogen-bond acceptors (Lipinski definition) is 4. The quantitative estimate of drug-likeness (QED) is 0.750. The Labute approximate surface area is 104 Å². The van der Waals surface area contributed by atoms with Crippen LogP contribution in [0.25, 0.3) is 0 Å². The minimum absolute atomic E-state index is 0.708. The Morgan fingerprint density at radius 3 is 2.47 bits per heavy atom. The highest BCUT2D eigenvalue weighted by atomic mass is 16.5. The average Bonchev–Trinajstić information content (AvgIpc) is 2.80. The maximum atomic E-state index is 5.51. The zero-order chi connectivity index (χ0) is 11.7. The Balaban J connectivity index is 1.46. The van der Waals surface area contributed by atoms with Crippen molar-refractivity contribution in [3.63, 3.8) is 0 Å². The standard InChI is InChI=1S/C13H25N3O/c1-11(12-2-7-17-10-12)15-3-5-16(6-4-15)13-8-14-9-13/h11-14H,2-10H2,1H3. The molecule has 3 rings (SSSR count). The molecule has 1 N–H and O–H groups in total. The topological polar surface area (TPSA) is 27.7 Å². The first-order valence-electron chi connectivity index (χ1n) is 7.11. The van der Waals surface area contributed by atoms with Crippen LogP contribution in [-0.2, 0) is 4.74 Å². The van der Waals surface area contributed by atoms with Gasteiger partial charge in [-0.1, -0.05) is 0 Å². The van der Waals surface area contributed by atoms with Gasteiger partial charge in [-0.3, -0.25) is 9.80 Å². The Bertz CT molecular complexity index is 243. The van der Waals surface area contributed by atoms with Gasteiger partial charge in [-0.2, -0.15) is 0 Å². The van der Waals surface area contributed by atoms with E-state index in [1.807, 2.05) is 0 Å². The van der Waals surface area contributed by atoms with Gasteiger partial charge in [0.15, 0.2) is 0 Å². The summed E-state index contributed by atoms with van der Waals surface area (Å²) in [6, 6.07) is 1.53. The summed E-state index contributed by atoms with van der Waals surface area (Å²) in [5.41, 5.74) is 0. The Morgan fingerprint density at radius 1 is 1.18 bits per heavy atom. The summed E-state index contributed by atoms with van der Waals surface area (Å²) in [7, 11) is 0. The van der Waals surface area contributed by atoms with Crippen LogP contribution in [0.3, 0.4) is 0 Å². The van der Waals surface area contributed by atoms with Gasteiger partial charge in [-0.15, -0.1) is 0 Å². The molecule has 0 spiro atoms. The molecule has 0 aromatic heterocycles. The molecule has 17 heavy (non-hydrogen) atoms. The van der Waals surface area contributed by atoms with Crippen LogP contribution in [-0.4, -0.2) is 74.4 Å². The second kappa shape index (κ2) is 5.22. The summed E-state index contributed by atoms with van der Waals surface area (Å²) in [6.45, 7) is 11.7. The predicted molar refractivity (Wildman–Crippen MR) is 68.2 cm³/mol. The van der Waals surface area contributed by atoms with E-state index in [-0.39, 0.29) is 0 Å². The fraction of sp³-hybridized carbons (Fsp3) is 1.00. The first kappa shape index (κ1) is 11.9. The molecule has 3 aliphatic rings. The molecule has 0 amide bonds. The van der Waals surface area contributed by atoms with E-state index in [4.69, 9.17) is 4.74 Å². The van der Waals surface area contributed by atoms with Crippen molar-refractivity contribution in [3.8, 4) is 0 Å². The fourth-order valence-corrected chi connectivity index (χ4v) is 3.27. The highest BCUT2D eigenvalue weighted by Gasteiger charge is 2.32. The Hall–Kier alpha value is -0.160. The van der Waals surface area contributed by atoms with Crippen molar-refractivity contribution in [2.75, 3.05) is 52.5 Å². The number of piperazine rings is 1. The van der Waals surface area contributed by atoms with E-state index in [9.17, 15) is 0 Å². The van der Waals surface area contributed by atoms with Crippen molar-refractivity contribution in [2.24, 2.45) is 5.92 Å². The Morgan fingerprint density at radius 2 is 1.94 bits per heavy atom. The van der Waals surface area contributed by atoms with Gasteiger partial charge in [0, 0.05) is 58.0 Å². The van der Waals surface area contributed by atoms with Crippen molar-refractivity contribution in [1.82, 2.24) is 15.1 Å². The molecule has 98 valence electrons. The fourth-order valence-electron chi connectivity index (χ4n) is 3.27. The van der Waals surface area contributed by atoms with Crippen molar-refractivity contribution < 1.29 is 4.74 Å². The van der Waals surface area contributed by atoms with Crippen molar-refractivity contribution in [2.45, 2.75) is 25.4 Å². The zero-order valence-corrected chi connectivity index (χ0v) is 10.9. The van der Waals surface area contributed by atoms with Gasteiger partial charge in [0.25, 0.3) is 0 Å². The lowest BCUT2D eigenvalue weighted by atomic mass is 9.98. The van der Waals surface area contributed by atoms with Crippen LogP contribution in [0.15, 0.2) is 0 Å². The van der Waals surface area contributed by atoms with Gasteiger partial charge in [-0.25, -0.2) is 0 Å². The van der Waals surface area contributed by atoms with E-state index >= 15 is 0 Å². The molecule has 0 aromatic carbocycles. The van der Waals surface area contributed by atoms with Crippen LogP contribution in [0, 0.1) is 5.92 Å². The molecule has 3 fully saturated rings.